The van der Waals surface area contributed by atoms with E-state index in [0.29, 0.717) is 17.5 Å². The summed E-state index contributed by atoms with van der Waals surface area (Å²) in [4.78, 5) is 15.7. The molecule has 15 heteroatoms. The summed E-state index contributed by atoms with van der Waals surface area (Å²) in [5.74, 6) is 2.04. The van der Waals surface area contributed by atoms with E-state index in [1.165, 1.54) is 108 Å². The lowest BCUT2D eigenvalue weighted by Crippen LogP contribution is -2.56. The van der Waals surface area contributed by atoms with Crippen molar-refractivity contribution in [3.8, 4) is 67.5 Å². The van der Waals surface area contributed by atoms with E-state index in [1.54, 1.807) is 0 Å². The summed E-state index contributed by atoms with van der Waals surface area (Å²) in [5, 5.41) is 2.67. The molecule has 60 heavy (non-hydrogen) atoms. The van der Waals surface area contributed by atoms with Gasteiger partial charge in [0.1, 0.15) is 86.3 Å². The number of fused-ring (bicyclic) bond motifs is 3. The standard InChI is InChI=1S/C45H40B11N3S/c46-30-25(26-32(48)36(52)38(54)37(53)33(26)49)34(50)39(55)41-27(30)28-31(47)29(35(51)40(56)42(28)60-41)45-58-43(23-9-5-2-6-10-23)57-44(59-45)24-17-15-22(16-18-24)21-13-11-20(12-14-21)19-7-3-1-4-8-19/h1-18H,46-56H2. The number of rotatable bonds is 6. The van der Waals surface area contributed by atoms with Gasteiger partial charge in [-0.2, -0.15) is 0 Å². The molecule has 0 fully saturated rings. The molecule has 0 atom stereocenters. The van der Waals surface area contributed by atoms with Crippen molar-refractivity contribution in [1.82, 2.24) is 15.0 Å². The van der Waals surface area contributed by atoms with Crippen LogP contribution in [0.1, 0.15) is 0 Å². The Morgan fingerprint density at radius 1 is 0.267 bits per heavy atom. The van der Waals surface area contributed by atoms with E-state index in [9.17, 15) is 0 Å². The van der Waals surface area contributed by atoms with Gasteiger partial charge in [-0.3, -0.25) is 0 Å². The molecule has 274 valence electrons. The lowest BCUT2D eigenvalue weighted by molar-refractivity contribution is 1.08. The molecule has 0 unspecified atom stereocenters. The molecule has 0 N–H and O–H groups in total. The van der Waals surface area contributed by atoms with Crippen LogP contribution in [0.2, 0.25) is 0 Å². The fraction of sp³-hybridized carbons (Fsp3) is 0. The lowest BCUT2D eigenvalue weighted by atomic mass is 9.57. The molecule has 0 radical (unpaired) electrons. The molecule has 7 aromatic carbocycles. The highest BCUT2D eigenvalue weighted by molar-refractivity contribution is 7.28. The van der Waals surface area contributed by atoms with Crippen LogP contribution in [0.5, 0.6) is 0 Å². The first-order valence-electron chi connectivity index (χ1n) is 21.0. The number of benzene rings is 7. The second-order valence-electron chi connectivity index (χ2n) is 16.7. The first-order chi connectivity index (χ1) is 28.8. The predicted octanol–water partition coefficient (Wildman–Crippen LogP) is -6.92. The summed E-state index contributed by atoms with van der Waals surface area (Å²) in [6.45, 7) is 0. The first-order valence-corrected chi connectivity index (χ1v) is 21.8. The van der Waals surface area contributed by atoms with E-state index in [-0.39, 0.29) is 0 Å². The van der Waals surface area contributed by atoms with E-state index in [2.05, 4.69) is 177 Å². The van der Waals surface area contributed by atoms with Gasteiger partial charge in [-0.1, -0.05) is 153 Å². The van der Waals surface area contributed by atoms with Crippen LogP contribution in [0, 0.1) is 0 Å². The van der Waals surface area contributed by atoms with Crippen molar-refractivity contribution >= 4 is 178 Å². The summed E-state index contributed by atoms with van der Waals surface area (Å²) in [6.07, 6.45) is 0. The lowest BCUT2D eigenvalue weighted by Gasteiger charge is -2.25. The van der Waals surface area contributed by atoms with Crippen LogP contribution in [-0.4, -0.2) is 101 Å². The number of hydrogen-bond acceptors (Lipinski definition) is 4. The van der Waals surface area contributed by atoms with Crippen LogP contribution < -0.4 is 60.1 Å². The molecule has 0 aliphatic carbocycles. The monoisotopic (exact) mass is 775 g/mol. The van der Waals surface area contributed by atoms with Gasteiger partial charge in [-0.05, 0) is 44.2 Å². The number of aromatic nitrogens is 3. The molecule has 0 saturated heterocycles. The van der Waals surface area contributed by atoms with E-state index in [0.717, 1.165) is 22.3 Å². The quantitative estimate of drug-likeness (QED) is 0.158. The molecule has 3 nitrogen and oxygen atoms in total. The SMILES string of the molecule is Bc1c(B)c(B)c(-c2c(B)c(B)c3sc4c(B)c(B)c(-c5nc(-c6ccccc6)nc(-c6ccc(-c7ccc(-c8ccccc8)cc7)cc6)n5)c(B)c4c3c2B)c(B)c1B. The van der Waals surface area contributed by atoms with Crippen molar-refractivity contribution in [1.29, 1.82) is 0 Å². The number of nitrogens with zero attached hydrogens (tertiary/aromatic N) is 3. The Morgan fingerprint density at radius 3 is 1.03 bits per heavy atom. The highest BCUT2D eigenvalue weighted by Gasteiger charge is 2.25. The van der Waals surface area contributed by atoms with Crippen LogP contribution in [0.4, 0.5) is 0 Å². The van der Waals surface area contributed by atoms with Crippen LogP contribution in [0.25, 0.3) is 87.7 Å². The zero-order valence-electron chi connectivity index (χ0n) is 36.6. The number of thiophene rings is 1. The minimum Gasteiger partial charge on any atom is -0.208 e. The Hall–Kier alpha value is -5.52. The fourth-order valence-corrected chi connectivity index (χ4v) is 10.9. The summed E-state index contributed by atoms with van der Waals surface area (Å²) in [7, 11) is 25.3. The van der Waals surface area contributed by atoms with E-state index >= 15 is 0 Å². The predicted molar refractivity (Wildman–Crippen MR) is 295 cm³/mol. The minimum absolute atomic E-state index is 0.664. The van der Waals surface area contributed by atoms with Gasteiger partial charge < -0.3 is 0 Å². The highest BCUT2D eigenvalue weighted by atomic mass is 32.1. The van der Waals surface area contributed by atoms with E-state index in [1.807, 2.05) is 29.5 Å². The average Bonchev–Trinajstić information content (AvgIpc) is 3.70. The maximum absolute atomic E-state index is 5.33. The molecule has 9 rings (SSSR count). The normalized spacial score (nSPS) is 11.4. The van der Waals surface area contributed by atoms with Gasteiger partial charge in [0.25, 0.3) is 0 Å². The van der Waals surface area contributed by atoms with Crippen molar-refractivity contribution in [2.24, 2.45) is 0 Å². The Kier molecular flexibility index (Phi) is 10.3. The molecular formula is C45H40B11N3S. The molecule has 0 saturated carbocycles. The molecule has 0 bridgehead atoms. The van der Waals surface area contributed by atoms with E-state index in [4.69, 9.17) is 15.0 Å². The Labute approximate surface area is 367 Å². The molecular weight excluding hydrogens is 734 g/mol. The van der Waals surface area contributed by atoms with Crippen LogP contribution in [0.15, 0.2) is 109 Å². The van der Waals surface area contributed by atoms with Crippen LogP contribution >= 0.6 is 11.3 Å². The van der Waals surface area contributed by atoms with Crippen LogP contribution in [-0.2, 0) is 0 Å². The molecule has 2 heterocycles. The average molecular weight is 774 g/mol. The van der Waals surface area contributed by atoms with Gasteiger partial charge in [0, 0.05) is 26.1 Å². The van der Waals surface area contributed by atoms with Crippen molar-refractivity contribution in [2.75, 3.05) is 0 Å². The van der Waals surface area contributed by atoms with E-state index < -0.39 is 0 Å². The first kappa shape index (κ1) is 39.9. The Bertz CT molecular complexity index is 3170. The molecule has 0 aliphatic rings. The second-order valence-corrected chi connectivity index (χ2v) is 17.7. The van der Waals surface area contributed by atoms with Crippen molar-refractivity contribution in [3.05, 3.63) is 109 Å². The molecule has 0 spiro atoms. The van der Waals surface area contributed by atoms with Crippen molar-refractivity contribution < 1.29 is 0 Å². The Balaban J connectivity index is 1.23. The zero-order valence-corrected chi connectivity index (χ0v) is 37.5. The minimum atomic E-state index is 0.664. The van der Waals surface area contributed by atoms with Gasteiger partial charge in [0.15, 0.2) is 17.5 Å². The topological polar surface area (TPSA) is 38.7 Å². The largest absolute Gasteiger partial charge is 0.208 e. The van der Waals surface area contributed by atoms with Crippen molar-refractivity contribution in [3.63, 3.8) is 0 Å². The van der Waals surface area contributed by atoms with Gasteiger partial charge in [-0.15, -0.1) is 27.7 Å². The van der Waals surface area contributed by atoms with Gasteiger partial charge in [0.2, 0.25) is 0 Å². The molecule has 0 amide bonds. The highest BCUT2D eigenvalue weighted by Crippen LogP contribution is 2.33. The fourth-order valence-electron chi connectivity index (χ4n) is 9.42. The molecule has 2 aromatic heterocycles. The third kappa shape index (κ3) is 6.48. The van der Waals surface area contributed by atoms with Gasteiger partial charge >= 0.3 is 0 Å². The number of hydrogen-bond donors (Lipinski definition) is 0. The Morgan fingerprint density at radius 2 is 0.567 bits per heavy atom. The molecule has 0 aliphatic heterocycles. The summed E-state index contributed by atoms with van der Waals surface area (Å²) < 4.78 is 2.72. The zero-order chi connectivity index (χ0) is 42.1. The molecule has 9 aromatic rings. The smallest absolute Gasteiger partial charge is 0.164 e. The summed E-state index contributed by atoms with van der Waals surface area (Å²) in [6, 6.07) is 38.2. The van der Waals surface area contributed by atoms with Gasteiger partial charge in [0.05, 0.1) is 0 Å². The summed E-state index contributed by atoms with van der Waals surface area (Å²) in [5.41, 5.74) is 25.2. The third-order valence-electron chi connectivity index (χ3n) is 13.6. The maximum Gasteiger partial charge on any atom is 0.164 e. The van der Waals surface area contributed by atoms with Crippen LogP contribution in [0.3, 0.4) is 0 Å². The summed E-state index contributed by atoms with van der Waals surface area (Å²) >= 11 is 1.94. The second kappa shape index (κ2) is 15.5. The maximum atomic E-state index is 5.33. The van der Waals surface area contributed by atoms with Crippen molar-refractivity contribution in [2.45, 2.75) is 0 Å². The third-order valence-corrected chi connectivity index (χ3v) is 15.0. The van der Waals surface area contributed by atoms with Gasteiger partial charge in [-0.25, -0.2) is 15.0 Å².